The molecule has 1 aliphatic heterocycles. The molecular formula is C19H19ClN2O4. The molecule has 1 saturated heterocycles. The van der Waals surface area contributed by atoms with Crippen LogP contribution in [0.5, 0.6) is 5.75 Å². The molecule has 2 aromatic rings. The lowest BCUT2D eigenvalue weighted by atomic mass is 10.1. The van der Waals surface area contributed by atoms with Crippen LogP contribution in [0.3, 0.4) is 0 Å². The highest BCUT2D eigenvalue weighted by Crippen LogP contribution is 2.19. The minimum atomic E-state index is -0.769. The van der Waals surface area contributed by atoms with E-state index < -0.39 is 12.0 Å². The number of halogens is 1. The maximum absolute atomic E-state index is 12.7. The van der Waals surface area contributed by atoms with Crippen LogP contribution in [-0.2, 0) is 16.1 Å². The SMILES string of the molecule is NC(=O)C1CN(C(=O)c2cccc(OCc3cccc(Cl)c3)c2)CCO1. The first-order valence-corrected chi connectivity index (χ1v) is 8.58. The van der Waals surface area contributed by atoms with Crippen molar-refractivity contribution in [3.05, 3.63) is 64.7 Å². The van der Waals surface area contributed by atoms with Crippen LogP contribution in [0.1, 0.15) is 15.9 Å². The number of primary amides is 1. The Balaban J connectivity index is 1.66. The van der Waals surface area contributed by atoms with Crippen molar-refractivity contribution < 1.29 is 19.1 Å². The third kappa shape index (κ3) is 4.53. The minimum absolute atomic E-state index is 0.155. The summed E-state index contributed by atoms with van der Waals surface area (Å²) in [5, 5.41) is 0.645. The number of hydrogen-bond donors (Lipinski definition) is 1. The molecule has 1 aliphatic rings. The summed E-state index contributed by atoms with van der Waals surface area (Å²) in [6.07, 6.45) is -0.769. The maximum atomic E-state index is 12.7. The molecule has 0 aliphatic carbocycles. The first-order chi connectivity index (χ1) is 12.5. The summed E-state index contributed by atoms with van der Waals surface area (Å²) in [7, 11) is 0. The molecule has 136 valence electrons. The van der Waals surface area contributed by atoms with Gasteiger partial charge in [-0.15, -0.1) is 0 Å². The number of morpholine rings is 1. The number of benzene rings is 2. The van der Waals surface area contributed by atoms with Gasteiger partial charge in [0.25, 0.3) is 5.91 Å². The van der Waals surface area contributed by atoms with Crippen molar-refractivity contribution in [2.45, 2.75) is 12.7 Å². The Bertz CT molecular complexity index is 812. The molecule has 0 saturated carbocycles. The number of amides is 2. The fraction of sp³-hybridized carbons (Fsp3) is 0.263. The van der Waals surface area contributed by atoms with E-state index in [-0.39, 0.29) is 19.1 Å². The highest BCUT2D eigenvalue weighted by molar-refractivity contribution is 6.30. The largest absolute Gasteiger partial charge is 0.489 e. The molecule has 0 spiro atoms. The summed E-state index contributed by atoms with van der Waals surface area (Å²) in [5.41, 5.74) is 6.69. The van der Waals surface area contributed by atoms with E-state index in [0.717, 1.165) is 5.56 Å². The number of carbonyl (C=O) groups is 2. The molecule has 2 amide bonds. The van der Waals surface area contributed by atoms with E-state index >= 15 is 0 Å². The molecule has 0 aromatic heterocycles. The molecule has 1 unspecified atom stereocenters. The lowest BCUT2D eigenvalue weighted by Crippen LogP contribution is -2.50. The minimum Gasteiger partial charge on any atom is -0.489 e. The summed E-state index contributed by atoms with van der Waals surface area (Å²) in [6.45, 7) is 1.20. The molecule has 0 bridgehead atoms. The Morgan fingerprint density at radius 3 is 2.81 bits per heavy atom. The second kappa shape index (κ2) is 8.21. The molecule has 3 rings (SSSR count). The van der Waals surface area contributed by atoms with Gasteiger partial charge in [0, 0.05) is 17.1 Å². The molecule has 2 N–H and O–H groups in total. The van der Waals surface area contributed by atoms with Gasteiger partial charge in [-0.1, -0.05) is 29.8 Å². The van der Waals surface area contributed by atoms with Gasteiger partial charge in [0.1, 0.15) is 12.4 Å². The first kappa shape index (κ1) is 18.2. The van der Waals surface area contributed by atoms with Crippen LogP contribution >= 0.6 is 11.6 Å². The van der Waals surface area contributed by atoms with Crippen LogP contribution in [0.25, 0.3) is 0 Å². The highest BCUT2D eigenvalue weighted by atomic mass is 35.5. The second-order valence-electron chi connectivity index (χ2n) is 5.96. The molecular weight excluding hydrogens is 356 g/mol. The topological polar surface area (TPSA) is 81.9 Å². The van der Waals surface area contributed by atoms with Crippen molar-refractivity contribution in [1.29, 1.82) is 0 Å². The van der Waals surface area contributed by atoms with Gasteiger partial charge in [-0.05, 0) is 35.9 Å². The second-order valence-corrected chi connectivity index (χ2v) is 6.40. The fourth-order valence-corrected chi connectivity index (χ4v) is 2.91. The summed E-state index contributed by atoms with van der Waals surface area (Å²) in [4.78, 5) is 25.5. The first-order valence-electron chi connectivity index (χ1n) is 8.20. The van der Waals surface area contributed by atoms with Crippen molar-refractivity contribution >= 4 is 23.4 Å². The fourth-order valence-electron chi connectivity index (χ4n) is 2.70. The lowest BCUT2D eigenvalue weighted by molar-refractivity contribution is -0.133. The van der Waals surface area contributed by atoms with Crippen LogP contribution in [0, 0.1) is 0 Å². The van der Waals surface area contributed by atoms with Gasteiger partial charge in [0.05, 0.1) is 13.2 Å². The Kier molecular flexibility index (Phi) is 5.75. The van der Waals surface area contributed by atoms with Crippen LogP contribution in [0.2, 0.25) is 5.02 Å². The Morgan fingerprint density at radius 1 is 1.23 bits per heavy atom. The third-order valence-electron chi connectivity index (χ3n) is 4.05. The van der Waals surface area contributed by atoms with E-state index in [1.54, 1.807) is 35.2 Å². The van der Waals surface area contributed by atoms with Gasteiger partial charge in [0.15, 0.2) is 6.10 Å². The normalized spacial score (nSPS) is 17.0. The average molecular weight is 375 g/mol. The van der Waals surface area contributed by atoms with E-state index in [1.165, 1.54) is 0 Å². The van der Waals surface area contributed by atoms with Crippen LogP contribution in [-0.4, -0.2) is 42.5 Å². The zero-order valence-corrected chi connectivity index (χ0v) is 14.8. The van der Waals surface area contributed by atoms with Gasteiger partial charge in [-0.2, -0.15) is 0 Å². The van der Waals surface area contributed by atoms with Crippen molar-refractivity contribution in [1.82, 2.24) is 4.90 Å². The summed E-state index contributed by atoms with van der Waals surface area (Å²) >= 11 is 5.96. The van der Waals surface area contributed by atoms with Gasteiger partial charge in [-0.3, -0.25) is 9.59 Å². The number of nitrogens with two attached hydrogens (primary N) is 1. The average Bonchev–Trinajstić information content (AvgIpc) is 2.66. The van der Waals surface area contributed by atoms with Crippen molar-refractivity contribution in [2.24, 2.45) is 5.73 Å². The molecule has 0 radical (unpaired) electrons. The van der Waals surface area contributed by atoms with Gasteiger partial charge < -0.3 is 20.1 Å². The lowest BCUT2D eigenvalue weighted by Gasteiger charge is -2.31. The summed E-state index contributed by atoms with van der Waals surface area (Å²) in [5.74, 6) is -0.176. The zero-order valence-electron chi connectivity index (χ0n) is 14.1. The van der Waals surface area contributed by atoms with Crippen molar-refractivity contribution in [3.63, 3.8) is 0 Å². The number of hydrogen-bond acceptors (Lipinski definition) is 4. The smallest absolute Gasteiger partial charge is 0.254 e. The highest BCUT2D eigenvalue weighted by Gasteiger charge is 2.28. The monoisotopic (exact) mass is 374 g/mol. The van der Waals surface area contributed by atoms with E-state index in [9.17, 15) is 9.59 Å². The van der Waals surface area contributed by atoms with Gasteiger partial charge >= 0.3 is 0 Å². The van der Waals surface area contributed by atoms with Crippen LogP contribution in [0.4, 0.5) is 0 Å². The third-order valence-corrected chi connectivity index (χ3v) is 4.28. The van der Waals surface area contributed by atoms with Crippen molar-refractivity contribution in [2.75, 3.05) is 19.7 Å². The van der Waals surface area contributed by atoms with E-state index in [1.807, 2.05) is 18.2 Å². The maximum Gasteiger partial charge on any atom is 0.254 e. The van der Waals surface area contributed by atoms with Crippen LogP contribution < -0.4 is 10.5 Å². The zero-order chi connectivity index (χ0) is 18.5. The van der Waals surface area contributed by atoms with Gasteiger partial charge in [-0.25, -0.2) is 0 Å². The summed E-state index contributed by atoms with van der Waals surface area (Å²) < 4.78 is 11.0. The number of nitrogens with zero attached hydrogens (tertiary/aromatic N) is 1. The quantitative estimate of drug-likeness (QED) is 0.870. The number of ether oxygens (including phenoxy) is 2. The predicted molar refractivity (Wildman–Crippen MR) is 97.1 cm³/mol. The Hall–Kier alpha value is -2.57. The standard InChI is InChI=1S/C19H19ClN2O4/c20-15-5-1-3-13(9-15)12-26-16-6-2-4-14(10-16)19(24)22-7-8-25-17(11-22)18(21)23/h1-6,9-10,17H,7-8,11-12H2,(H2,21,23). The molecule has 2 aromatic carbocycles. The molecule has 1 fully saturated rings. The van der Waals surface area contributed by atoms with E-state index in [2.05, 4.69) is 0 Å². The Labute approximate surface area is 156 Å². The molecule has 6 nitrogen and oxygen atoms in total. The predicted octanol–water partition coefficient (Wildman–Crippen LogP) is 2.25. The van der Waals surface area contributed by atoms with Gasteiger partial charge in [0.2, 0.25) is 5.91 Å². The van der Waals surface area contributed by atoms with Crippen molar-refractivity contribution in [3.8, 4) is 5.75 Å². The number of carbonyl (C=O) groups excluding carboxylic acids is 2. The van der Waals surface area contributed by atoms with Crippen LogP contribution in [0.15, 0.2) is 48.5 Å². The molecule has 1 heterocycles. The summed E-state index contributed by atoms with van der Waals surface area (Å²) in [6, 6.07) is 14.3. The molecule has 1 atom stereocenters. The molecule has 26 heavy (non-hydrogen) atoms. The van der Waals surface area contributed by atoms with E-state index in [0.29, 0.717) is 29.5 Å². The Morgan fingerprint density at radius 2 is 2.04 bits per heavy atom. The van der Waals surface area contributed by atoms with E-state index in [4.69, 9.17) is 26.8 Å². The number of rotatable bonds is 5. The molecule has 7 heteroatoms.